The molecule has 1 aromatic carbocycles. The molecule has 1 heterocycles. The lowest BCUT2D eigenvalue weighted by molar-refractivity contribution is 1.11. The Bertz CT molecular complexity index is 627. The Kier molecular flexibility index (Phi) is 3.92. The predicted molar refractivity (Wildman–Crippen MR) is 78.2 cm³/mol. The largest absolute Gasteiger partial charge is 0.277 e. The molecular weight excluding hydrogens is 220 g/mol. The third-order valence-electron chi connectivity index (χ3n) is 2.60. The van der Waals surface area contributed by atoms with Gasteiger partial charge in [0.1, 0.15) is 0 Å². The zero-order chi connectivity index (χ0) is 12.8. The Morgan fingerprint density at radius 2 is 2.11 bits per heavy atom. The molecule has 0 atom stereocenters. The lowest BCUT2D eigenvalue weighted by atomic mass is 10.1. The quantitative estimate of drug-likeness (QED) is 0.789. The number of fused-ring (bicyclic) bond motifs is 1. The first kappa shape index (κ1) is 12.1. The first-order chi connectivity index (χ1) is 8.85. The molecule has 0 saturated carbocycles. The molecule has 0 aliphatic heterocycles. The molecule has 18 heavy (non-hydrogen) atoms. The summed E-state index contributed by atoms with van der Waals surface area (Å²) in [6, 6.07) is 8.09. The maximum absolute atomic E-state index is 4.30. The van der Waals surface area contributed by atoms with E-state index in [1.807, 2.05) is 55.5 Å². The molecule has 0 amide bonds. The van der Waals surface area contributed by atoms with Crippen LogP contribution in [0.4, 0.5) is 0 Å². The maximum Gasteiger partial charge on any atom is 0.0927 e. The summed E-state index contributed by atoms with van der Waals surface area (Å²) in [5.41, 5.74) is 3.10. The van der Waals surface area contributed by atoms with Gasteiger partial charge in [0.25, 0.3) is 0 Å². The Labute approximate surface area is 107 Å². The highest BCUT2D eigenvalue weighted by atomic mass is 15.1. The summed E-state index contributed by atoms with van der Waals surface area (Å²) in [6.07, 6.45) is 11.8. The second-order valence-electron chi connectivity index (χ2n) is 3.89. The van der Waals surface area contributed by atoms with E-state index in [1.54, 1.807) is 6.08 Å². The molecule has 0 saturated heterocycles. The third kappa shape index (κ3) is 2.66. The van der Waals surface area contributed by atoms with Crippen LogP contribution in [0.5, 0.6) is 0 Å². The SMILES string of the molecule is C=C/C=C(\C=C/C)/C=C/c1n[nH]c2ccccc12. The van der Waals surface area contributed by atoms with Gasteiger partial charge in [0.05, 0.1) is 11.2 Å². The van der Waals surface area contributed by atoms with Crippen molar-refractivity contribution in [3.63, 3.8) is 0 Å². The summed E-state index contributed by atoms with van der Waals surface area (Å²) in [7, 11) is 0. The van der Waals surface area contributed by atoms with Crippen LogP contribution in [0.2, 0.25) is 0 Å². The van der Waals surface area contributed by atoms with Crippen LogP contribution in [0, 0.1) is 0 Å². The van der Waals surface area contributed by atoms with Gasteiger partial charge in [0, 0.05) is 5.39 Å². The van der Waals surface area contributed by atoms with E-state index in [0.29, 0.717) is 0 Å². The number of allylic oxidation sites excluding steroid dienone is 6. The molecule has 0 unspecified atom stereocenters. The molecular formula is C16H16N2. The van der Waals surface area contributed by atoms with Crippen molar-refractivity contribution in [3.8, 4) is 0 Å². The minimum atomic E-state index is 0.949. The minimum absolute atomic E-state index is 0.949. The lowest BCUT2D eigenvalue weighted by Crippen LogP contribution is -1.74. The minimum Gasteiger partial charge on any atom is -0.277 e. The molecule has 1 N–H and O–H groups in total. The Balaban J connectivity index is 2.33. The summed E-state index contributed by atoms with van der Waals surface area (Å²) in [4.78, 5) is 0. The van der Waals surface area contributed by atoms with E-state index in [0.717, 1.165) is 22.2 Å². The van der Waals surface area contributed by atoms with Crippen LogP contribution >= 0.6 is 0 Å². The van der Waals surface area contributed by atoms with Crippen LogP contribution in [0.25, 0.3) is 17.0 Å². The number of hydrogen-bond donors (Lipinski definition) is 1. The van der Waals surface area contributed by atoms with Gasteiger partial charge in [-0.3, -0.25) is 5.10 Å². The summed E-state index contributed by atoms with van der Waals surface area (Å²) in [5, 5.41) is 8.45. The molecule has 2 heteroatoms. The van der Waals surface area contributed by atoms with E-state index in [1.165, 1.54) is 0 Å². The van der Waals surface area contributed by atoms with Crippen molar-refractivity contribution < 1.29 is 0 Å². The van der Waals surface area contributed by atoms with Gasteiger partial charge in [-0.05, 0) is 24.6 Å². The Hall–Kier alpha value is -2.35. The first-order valence-corrected chi connectivity index (χ1v) is 5.91. The summed E-state index contributed by atoms with van der Waals surface area (Å²) < 4.78 is 0. The molecule has 0 aliphatic rings. The zero-order valence-corrected chi connectivity index (χ0v) is 10.4. The number of nitrogens with zero attached hydrogens (tertiary/aromatic N) is 1. The van der Waals surface area contributed by atoms with Gasteiger partial charge >= 0.3 is 0 Å². The summed E-state index contributed by atoms with van der Waals surface area (Å²) in [6.45, 7) is 5.71. The van der Waals surface area contributed by atoms with Crippen molar-refractivity contribution in [2.24, 2.45) is 0 Å². The Morgan fingerprint density at radius 3 is 2.89 bits per heavy atom. The lowest BCUT2D eigenvalue weighted by Gasteiger charge is -1.92. The molecule has 2 aromatic rings. The number of benzene rings is 1. The molecule has 0 fully saturated rings. The topological polar surface area (TPSA) is 28.7 Å². The normalized spacial score (nSPS) is 12.8. The number of aromatic amines is 1. The number of hydrogen-bond acceptors (Lipinski definition) is 1. The standard InChI is InChI=1S/C16H16N2/c1-3-7-13(8-4-2)11-12-16-14-9-5-6-10-15(14)17-18-16/h3-12H,1H2,2H3,(H,17,18)/b8-4-,12-11+,13-7+. The number of rotatable bonds is 4. The summed E-state index contributed by atoms with van der Waals surface area (Å²) >= 11 is 0. The monoisotopic (exact) mass is 236 g/mol. The molecule has 2 nitrogen and oxygen atoms in total. The van der Waals surface area contributed by atoms with Crippen molar-refractivity contribution in [2.75, 3.05) is 0 Å². The molecule has 0 spiro atoms. The van der Waals surface area contributed by atoms with E-state index in [4.69, 9.17) is 0 Å². The highest BCUT2D eigenvalue weighted by Gasteiger charge is 2.00. The highest BCUT2D eigenvalue weighted by molar-refractivity contribution is 5.86. The average molecular weight is 236 g/mol. The van der Waals surface area contributed by atoms with E-state index in [2.05, 4.69) is 22.8 Å². The van der Waals surface area contributed by atoms with Crippen LogP contribution < -0.4 is 0 Å². The average Bonchev–Trinajstić information content (AvgIpc) is 2.80. The fraction of sp³-hybridized carbons (Fsp3) is 0.0625. The molecule has 90 valence electrons. The fourth-order valence-electron chi connectivity index (χ4n) is 1.78. The van der Waals surface area contributed by atoms with Crippen LogP contribution in [-0.4, -0.2) is 10.2 Å². The van der Waals surface area contributed by atoms with Crippen molar-refractivity contribution in [1.82, 2.24) is 10.2 Å². The van der Waals surface area contributed by atoms with E-state index in [9.17, 15) is 0 Å². The third-order valence-corrected chi connectivity index (χ3v) is 2.60. The molecule has 0 bridgehead atoms. The zero-order valence-electron chi connectivity index (χ0n) is 10.4. The smallest absolute Gasteiger partial charge is 0.0927 e. The molecule has 2 rings (SSSR count). The van der Waals surface area contributed by atoms with Gasteiger partial charge in [-0.15, -0.1) is 0 Å². The van der Waals surface area contributed by atoms with E-state index >= 15 is 0 Å². The molecule has 1 aromatic heterocycles. The second-order valence-corrected chi connectivity index (χ2v) is 3.89. The maximum atomic E-state index is 4.30. The van der Waals surface area contributed by atoms with Crippen LogP contribution in [0.1, 0.15) is 12.6 Å². The summed E-state index contributed by atoms with van der Waals surface area (Å²) in [5.74, 6) is 0. The van der Waals surface area contributed by atoms with E-state index < -0.39 is 0 Å². The van der Waals surface area contributed by atoms with Crippen LogP contribution in [0.3, 0.4) is 0 Å². The number of para-hydroxylation sites is 1. The number of H-pyrrole nitrogens is 1. The van der Waals surface area contributed by atoms with Gasteiger partial charge in [-0.25, -0.2) is 0 Å². The second kappa shape index (κ2) is 5.82. The van der Waals surface area contributed by atoms with Crippen molar-refractivity contribution in [2.45, 2.75) is 6.92 Å². The fourth-order valence-corrected chi connectivity index (χ4v) is 1.78. The van der Waals surface area contributed by atoms with Crippen molar-refractivity contribution in [3.05, 3.63) is 72.5 Å². The van der Waals surface area contributed by atoms with Crippen molar-refractivity contribution in [1.29, 1.82) is 0 Å². The first-order valence-electron chi connectivity index (χ1n) is 5.91. The number of nitrogens with one attached hydrogen (secondary N) is 1. The van der Waals surface area contributed by atoms with Crippen LogP contribution in [0.15, 0.2) is 66.8 Å². The van der Waals surface area contributed by atoms with Gasteiger partial charge in [-0.2, -0.15) is 5.10 Å². The van der Waals surface area contributed by atoms with Gasteiger partial charge < -0.3 is 0 Å². The highest BCUT2D eigenvalue weighted by Crippen LogP contribution is 2.17. The van der Waals surface area contributed by atoms with Gasteiger partial charge in [0.2, 0.25) is 0 Å². The molecule has 0 aliphatic carbocycles. The Morgan fingerprint density at radius 1 is 1.28 bits per heavy atom. The van der Waals surface area contributed by atoms with E-state index in [-0.39, 0.29) is 0 Å². The predicted octanol–water partition coefficient (Wildman–Crippen LogP) is 4.26. The molecule has 0 radical (unpaired) electrons. The number of aromatic nitrogens is 2. The van der Waals surface area contributed by atoms with Crippen molar-refractivity contribution >= 4 is 17.0 Å². The van der Waals surface area contributed by atoms with Gasteiger partial charge in [-0.1, -0.05) is 55.2 Å². The van der Waals surface area contributed by atoms with Gasteiger partial charge in [0.15, 0.2) is 0 Å². The van der Waals surface area contributed by atoms with Crippen LogP contribution in [-0.2, 0) is 0 Å².